The standard InChI is InChI=1S/C15H20N2O3/c1-10(2)16-11-8-6-7-9-12(11)17(13(16)18)14(19)20-15(3,4)5/h6-10H,1-5H3. The van der Waals surface area contributed by atoms with E-state index in [4.69, 9.17) is 4.74 Å². The summed E-state index contributed by atoms with van der Waals surface area (Å²) >= 11 is 0. The second kappa shape index (κ2) is 4.81. The average molecular weight is 276 g/mol. The number of ether oxygens (including phenoxy) is 1. The van der Waals surface area contributed by atoms with Gasteiger partial charge in [0.15, 0.2) is 0 Å². The largest absolute Gasteiger partial charge is 0.443 e. The Morgan fingerprint density at radius 1 is 1.15 bits per heavy atom. The number of hydrogen-bond acceptors (Lipinski definition) is 3. The van der Waals surface area contributed by atoms with Crippen LogP contribution in [0.5, 0.6) is 0 Å². The normalized spacial score (nSPS) is 12.1. The minimum atomic E-state index is -0.641. The quantitative estimate of drug-likeness (QED) is 0.804. The van der Waals surface area contributed by atoms with Crippen molar-refractivity contribution in [3.05, 3.63) is 34.7 Å². The van der Waals surface area contributed by atoms with Gasteiger partial charge in [0.2, 0.25) is 0 Å². The van der Waals surface area contributed by atoms with E-state index in [9.17, 15) is 9.59 Å². The van der Waals surface area contributed by atoms with Crippen molar-refractivity contribution in [2.45, 2.75) is 46.3 Å². The first-order valence-electron chi connectivity index (χ1n) is 6.67. The van der Waals surface area contributed by atoms with E-state index in [2.05, 4.69) is 0 Å². The molecule has 20 heavy (non-hydrogen) atoms. The van der Waals surface area contributed by atoms with E-state index in [1.54, 1.807) is 37.5 Å². The SMILES string of the molecule is CC(C)n1c(=O)n(C(=O)OC(C)(C)C)c2ccccc21. The van der Waals surface area contributed by atoms with Gasteiger partial charge in [0, 0.05) is 6.04 Å². The fourth-order valence-corrected chi connectivity index (χ4v) is 2.15. The van der Waals surface area contributed by atoms with Crippen LogP contribution in [0.2, 0.25) is 0 Å². The van der Waals surface area contributed by atoms with E-state index in [1.807, 2.05) is 26.0 Å². The van der Waals surface area contributed by atoms with E-state index < -0.39 is 11.7 Å². The van der Waals surface area contributed by atoms with Crippen LogP contribution in [0.25, 0.3) is 11.0 Å². The van der Waals surface area contributed by atoms with Crippen molar-refractivity contribution in [3.8, 4) is 0 Å². The molecule has 2 rings (SSSR count). The number of carbonyl (C=O) groups excluding carboxylic acids is 1. The molecule has 0 aliphatic carbocycles. The summed E-state index contributed by atoms with van der Waals surface area (Å²) in [5.41, 5.74) is 0.298. The van der Waals surface area contributed by atoms with Crippen LogP contribution in [0.4, 0.5) is 4.79 Å². The Balaban J connectivity index is 2.68. The summed E-state index contributed by atoms with van der Waals surface area (Å²) in [6.45, 7) is 9.15. The lowest BCUT2D eigenvalue weighted by molar-refractivity contribution is 0.0537. The Morgan fingerprint density at radius 2 is 1.70 bits per heavy atom. The molecule has 0 aliphatic heterocycles. The van der Waals surface area contributed by atoms with Crippen LogP contribution in [-0.4, -0.2) is 20.8 Å². The maximum atomic E-state index is 12.5. The molecule has 0 saturated carbocycles. The molecule has 0 aliphatic rings. The van der Waals surface area contributed by atoms with Crippen LogP contribution in [0, 0.1) is 0 Å². The van der Waals surface area contributed by atoms with Gasteiger partial charge in [0.25, 0.3) is 0 Å². The van der Waals surface area contributed by atoms with Gasteiger partial charge < -0.3 is 4.74 Å². The van der Waals surface area contributed by atoms with Gasteiger partial charge in [-0.3, -0.25) is 4.57 Å². The highest BCUT2D eigenvalue weighted by Gasteiger charge is 2.24. The van der Waals surface area contributed by atoms with E-state index >= 15 is 0 Å². The number of hydrogen-bond donors (Lipinski definition) is 0. The Hall–Kier alpha value is -2.04. The topological polar surface area (TPSA) is 53.2 Å². The molecule has 108 valence electrons. The van der Waals surface area contributed by atoms with Gasteiger partial charge in [-0.05, 0) is 46.8 Å². The molecule has 0 bridgehead atoms. The molecule has 0 radical (unpaired) electrons. The maximum Gasteiger partial charge on any atom is 0.423 e. The fourth-order valence-electron chi connectivity index (χ4n) is 2.15. The van der Waals surface area contributed by atoms with Crippen LogP contribution < -0.4 is 5.69 Å². The summed E-state index contributed by atoms with van der Waals surface area (Å²) in [5.74, 6) is 0. The zero-order valence-corrected chi connectivity index (χ0v) is 12.5. The zero-order valence-electron chi connectivity index (χ0n) is 12.5. The smallest absolute Gasteiger partial charge is 0.423 e. The number of carbonyl (C=O) groups is 1. The number of benzene rings is 1. The molecule has 1 aromatic heterocycles. The monoisotopic (exact) mass is 276 g/mol. The summed E-state index contributed by atoms with van der Waals surface area (Å²) in [6.07, 6.45) is -0.641. The Morgan fingerprint density at radius 3 is 2.20 bits per heavy atom. The van der Waals surface area contributed by atoms with Crippen molar-refractivity contribution >= 4 is 17.1 Å². The molecule has 2 aromatic rings. The zero-order chi connectivity index (χ0) is 15.1. The molecule has 0 spiro atoms. The number of nitrogens with zero attached hydrogens (tertiary/aromatic N) is 2. The lowest BCUT2D eigenvalue weighted by Crippen LogP contribution is -2.34. The lowest BCUT2D eigenvalue weighted by Gasteiger charge is -2.19. The molecular formula is C15H20N2O3. The molecule has 0 atom stereocenters. The number of fused-ring (bicyclic) bond motifs is 1. The number of aromatic nitrogens is 2. The van der Waals surface area contributed by atoms with E-state index in [0.717, 1.165) is 10.1 Å². The van der Waals surface area contributed by atoms with E-state index in [0.29, 0.717) is 5.52 Å². The van der Waals surface area contributed by atoms with E-state index in [1.165, 1.54) is 0 Å². The van der Waals surface area contributed by atoms with Crippen molar-refractivity contribution in [1.82, 2.24) is 9.13 Å². The average Bonchev–Trinajstić information content (AvgIpc) is 2.58. The highest BCUT2D eigenvalue weighted by atomic mass is 16.6. The first kappa shape index (κ1) is 14.4. The molecule has 5 heteroatoms. The summed E-state index contributed by atoms with van der Waals surface area (Å²) in [4.78, 5) is 24.7. The Labute approximate surface area is 117 Å². The number of para-hydroxylation sites is 2. The number of rotatable bonds is 1. The summed E-state index contributed by atoms with van der Waals surface area (Å²) in [5, 5.41) is 0. The molecule has 0 fully saturated rings. The third-order valence-electron chi connectivity index (χ3n) is 2.87. The van der Waals surface area contributed by atoms with Crippen molar-refractivity contribution in [2.75, 3.05) is 0 Å². The molecular weight excluding hydrogens is 256 g/mol. The van der Waals surface area contributed by atoms with Crippen LogP contribution in [0.15, 0.2) is 29.1 Å². The second-order valence-corrected chi connectivity index (χ2v) is 6.05. The van der Waals surface area contributed by atoms with Gasteiger partial charge in [-0.2, -0.15) is 4.57 Å². The summed E-state index contributed by atoms with van der Waals surface area (Å²) in [6, 6.07) is 7.20. The van der Waals surface area contributed by atoms with Gasteiger partial charge in [0.05, 0.1) is 11.0 Å². The highest BCUT2D eigenvalue weighted by molar-refractivity contribution is 5.87. The van der Waals surface area contributed by atoms with Crippen molar-refractivity contribution in [1.29, 1.82) is 0 Å². The van der Waals surface area contributed by atoms with Crippen molar-refractivity contribution < 1.29 is 9.53 Å². The summed E-state index contributed by atoms with van der Waals surface area (Å²) in [7, 11) is 0. The van der Waals surface area contributed by atoms with Crippen molar-refractivity contribution in [3.63, 3.8) is 0 Å². The van der Waals surface area contributed by atoms with Gasteiger partial charge >= 0.3 is 11.8 Å². The molecule has 0 saturated heterocycles. The van der Waals surface area contributed by atoms with Crippen LogP contribution in [-0.2, 0) is 4.74 Å². The Bertz CT molecular complexity index is 702. The predicted molar refractivity (Wildman–Crippen MR) is 78.2 cm³/mol. The molecule has 0 N–H and O–H groups in total. The molecule has 0 amide bonds. The Kier molecular flexibility index (Phi) is 3.46. The molecule has 1 heterocycles. The molecule has 1 aromatic carbocycles. The summed E-state index contributed by atoms with van der Waals surface area (Å²) < 4.78 is 8.01. The van der Waals surface area contributed by atoms with Crippen LogP contribution in [0.1, 0.15) is 40.7 Å². The lowest BCUT2D eigenvalue weighted by atomic mass is 10.2. The van der Waals surface area contributed by atoms with Gasteiger partial charge in [-0.1, -0.05) is 12.1 Å². The first-order valence-corrected chi connectivity index (χ1v) is 6.67. The van der Waals surface area contributed by atoms with Crippen LogP contribution >= 0.6 is 0 Å². The minimum absolute atomic E-state index is 0.0314. The van der Waals surface area contributed by atoms with Crippen LogP contribution in [0.3, 0.4) is 0 Å². The fraction of sp³-hybridized carbons (Fsp3) is 0.467. The van der Waals surface area contributed by atoms with E-state index in [-0.39, 0.29) is 11.7 Å². The third kappa shape index (κ3) is 2.48. The maximum absolute atomic E-state index is 12.5. The predicted octanol–water partition coefficient (Wildman–Crippen LogP) is 3.17. The molecule has 0 unspecified atom stereocenters. The second-order valence-electron chi connectivity index (χ2n) is 6.05. The van der Waals surface area contributed by atoms with Gasteiger partial charge in [-0.15, -0.1) is 0 Å². The van der Waals surface area contributed by atoms with Gasteiger partial charge in [0.1, 0.15) is 5.60 Å². The first-order chi connectivity index (χ1) is 9.22. The third-order valence-corrected chi connectivity index (χ3v) is 2.87. The molecule has 5 nitrogen and oxygen atoms in total. The van der Waals surface area contributed by atoms with Gasteiger partial charge in [-0.25, -0.2) is 9.59 Å². The van der Waals surface area contributed by atoms with Crippen molar-refractivity contribution in [2.24, 2.45) is 0 Å². The highest BCUT2D eigenvalue weighted by Crippen LogP contribution is 2.18. The minimum Gasteiger partial charge on any atom is -0.443 e. The number of imidazole rings is 1.